The maximum absolute atomic E-state index is 11.8. The van der Waals surface area contributed by atoms with Crippen molar-refractivity contribution >= 4 is 11.6 Å². The molecule has 1 aromatic heterocycles. The van der Waals surface area contributed by atoms with Crippen molar-refractivity contribution in [2.75, 3.05) is 5.32 Å². The van der Waals surface area contributed by atoms with Gasteiger partial charge in [0.1, 0.15) is 6.54 Å². The molecule has 0 radical (unpaired) electrons. The van der Waals surface area contributed by atoms with E-state index < -0.39 is 5.69 Å². The quantitative estimate of drug-likeness (QED) is 0.831. The van der Waals surface area contributed by atoms with Gasteiger partial charge in [0.05, 0.1) is 6.61 Å². The molecule has 0 aliphatic carbocycles. The van der Waals surface area contributed by atoms with Crippen LogP contribution in [0.4, 0.5) is 5.69 Å². The summed E-state index contributed by atoms with van der Waals surface area (Å²) in [5.74, 6) is -0.351. The Balaban J connectivity index is 2.10. The van der Waals surface area contributed by atoms with E-state index in [4.69, 9.17) is 5.11 Å². The Labute approximate surface area is 109 Å². The summed E-state index contributed by atoms with van der Waals surface area (Å²) in [6.45, 7) is -0.282. The van der Waals surface area contributed by atoms with E-state index in [-0.39, 0.29) is 19.1 Å². The van der Waals surface area contributed by atoms with E-state index in [9.17, 15) is 9.59 Å². The van der Waals surface area contributed by atoms with Crippen LogP contribution in [0.3, 0.4) is 0 Å². The fraction of sp³-hybridized carbons (Fsp3) is 0.154. The molecule has 1 aromatic carbocycles. The summed E-state index contributed by atoms with van der Waals surface area (Å²) < 4.78 is 1.21. The molecule has 6 nitrogen and oxygen atoms in total. The Morgan fingerprint density at radius 3 is 2.84 bits per heavy atom. The predicted molar refractivity (Wildman–Crippen MR) is 69.5 cm³/mol. The minimum Gasteiger partial charge on any atom is -0.392 e. The summed E-state index contributed by atoms with van der Waals surface area (Å²) in [7, 11) is 0. The molecular weight excluding hydrogens is 246 g/mol. The van der Waals surface area contributed by atoms with Crippen LogP contribution < -0.4 is 11.0 Å². The molecule has 0 aliphatic heterocycles. The van der Waals surface area contributed by atoms with Crippen LogP contribution >= 0.6 is 0 Å². The third-order valence-electron chi connectivity index (χ3n) is 2.56. The molecule has 6 heteroatoms. The number of hydrogen-bond donors (Lipinski definition) is 2. The molecule has 1 amide bonds. The van der Waals surface area contributed by atoms with Gasteiger partial charge in [0.2, 0.25) is 5.91 Å². The molecule has 0 atom stereocenters. The first-order chi connectivity index (χ1) is 9.20. The van der Waals surface area contributed by atoms with E-state index in [0.717, 1.165) is 0 Å². The molecule has 0 fully saturated rings. The number of para-hydroxylation sites is 1. The molecule has 2 rings (SSSR count). The zero-order valence-corrected chi connectivity index (χ0v) is 10.1. The minimum absolute atomic E-state index is 0.119. The fourth-order valence-electron chi connectivity index (χ4n) is 1.63. The molecule has 98 valence electrons. The third kappa shape index (κ3) is 3.26. The zero-order chi connectivity index (χ0) is 13.7. The largest absolute Gasteiger partial charge is 0.392 e. The number of carbonyl (C=O) groups excluding carboxylic acids is 1. The SMILES string of the molecule is O=C(Cn1cccnc1=O)Nc1ccccc1CO. The van der Waals surface area contributed by atoms with E-state index in [2.05, 4.69) is 10.3 Å². The van der Waals surface area contributed by atoms with E-state index in [1.165, 1.54) is 17.0 Å². The average Bonchev–Trinajstić information content (AvgIpc) is 2.42. The van der Waals surface area contributed by atoms with Crippen molar-refractivity contribution in [3.63, 3.8) is 0 Å². The highest BCUT2D eigenvalue weighted by Gasteiger charge is 2.07. The van der Waals surface area contributed by atoms with Crippen molar-refractivity contribution in [3.05, 3.63) is 58.8 Å². The Morgan fingerprint density at radius 1 is 1.32 bits per heavy atom. The number of aromatic nitrogens is 2. The van der Waals surface area contributed by atoms with Gasteiger partial charge in [-0.3, -0.25) is 9.36 Å². The summed E-state index contributed by atoms with van der Waals surface area (Å²) in [6.07, 6.45) is 2.87. The van der Waals surface area contributed by atoms with Gasteiger partial charge in [-0.05, 0) is 12.1 Å². The van der Waals surface area contributed by atoms with Gasteiger partial charge in [0.25, 0.3) is 0 Å². The van der Waals surface area contributed by atoms with Crippen LogP contribution in [0.25, 0.3) is 0 Å². The smallest absolute Gasteiger partial charge is 0.347 e. The van der Waals surface area contributed by atoms with Crippen LogP contribution in [0.15, 0.2) is 47.5 Å². The highest BCUT2D eigenvalue weighted by molar-refractivity contribution is 5.91. The second kappa shape index (κ2) is 5.92. The lowest BCUT2D eigenvalue weighted by atomic mass is 10.2. The van der Waals surface area contributed by atoms with Crippen LogP contribution in [0.5, 0.6) is 0 Å². The van der Waals surface area contributed by atoms with Crippen molar-refractivity contribution in [3.8, 4) is 0 Å². The summed E-state index contributed by atoms with van der Waals surface area (Å²) in [5.41, 5.74) is 0.675. The Bertz CT molecular complexity index is 637. The first-order valence-corrected chi connectivity index (χ1v) is 5.71. The number of nitrogens with zero attached hydrogens (tertiary/aromatic N) is 2. The second-order valence-electron chi connectivity index (χ2n) is 3.89. The fourth-order valence-corrected chi connectivity index (χ4v) is 1.63. The van der Waals surface area contributed by atoms with Gasteiger partial charge in [0, 0.05) is 23.6 Å². The number of aliphatic hydroxyl groups excluding tert-OH is 1. The van der Waals surface area contributed by atoms with E-state index in [1.54, 1.807) is 30.3 Å². The minimum atomic E-state index is -0.479. The predicted octanol–water partition coefficient (Wildman–Crippen LogP) is 0.374. The van der Waals surface area contributed by atoms with Crippen molar-refractivity contribution in [1.29, 1.82) is 0 Å². The standard InChI is InChI=1S/C13H13N3O3/c17-9-10-4-1-2-5-11(10)15-12(18)8-16-7-3-6-14-13(16)19/h1-7,17H,8-9H2,(H,15,18). The van der Waals surface area contributed by atoms with Gasteiger partial charge in [-0.1, -0.05) is 18.2 Å². The zero-order valence-electron chi connectivity index (χ0n) is 10.1. The molecule has 0 saturated carbocycles. The van der Waals surface area contributed by atoms with E-state index in [0.29, 0.717) is 11.3 Å². The number of hydrogen-bond acceptors (Lipinski definition) is 4. The highest BCUT2D eigenvalue weighted by atomic mass is 16.3. The number of aliphatic hydroxyl groups is 1. The van der Waals surface area contributed by atoms with Crippen LogP contribution in [0, 0.1) is 0 Å². The van der Waals surface area contributed by atoms with Gasteiger partial charge >= 0.3 is 5.69 Å². The van der Waals surface area contributed by atoms with E-state index in [1.807, 2.05) is 0 Å². The van der Waals surface area contributed by atoms with Crippen molar-refractivity contribution < 1.29 is 9.90 Å². The van der Waals surface area contributed by atoms with Gasteiger partial charge in [-0.15, -0.1) is 0 Å². The summed E-state index contributed by atoms with van der Waals surface area (Å²) >= 11 is 0. The lowest BCUT2D eigenvalue weighted by molar-refractivity contribution is -0.116. The van der Waals surface area contributed by atoms with Crippen LogP contribution in [0.2, 0.25) is 0 Å². The number of rotatable bonds is 4. The van der Waals surface area contributed by atoms with Crippen LogP contribution in [0.1, 0.15) is 5.56 Å². The number of amides is 1. The molecule has 0 aliphatic rings. The molecule has 0 saturated heterocycles. The van der Waals surface area contributed by atoms with Crippen molar-refractivity contribution in [2.45, 2.75) is 13.2 Å². The molecular formula is C13H13N3O3. The maximum Gasteiger partial charge on any atom is 0.347 e. The molecule has 0 unspecified atom stereocenters. The average molecular weight is 259 g/mol. The lowest BCUT2D eigenvalue weighted by Gasteiger charge is -2.09. The van der Waals surface area contributed by atoms with Gasteiger partial charge in [0.15, 0.2) is 0 Å². The van der Waals surface area contributed by atoms with Crippen LogP contribution in [-0.2, 0) is 17.9 Å². The molecule has 19 heavy (non-hydrogen) atoms. The van der Waals surface area contributed by atoms with Crippen molar-refractivity contribution in [2.24, 2.45) is 0 Å². The summed E-state index contributed by atoms with van der Waals surface area (Å²) in [6, 6.07) is 8.51. The lowest BCUT2D eigenvalue weighted by Crippen LogP contribution is -2.28. The number of carbonyl (C=O) groups is 1. The molecule has 0 bridgehead atoms. The second-order valence-corrected chi connectivity index (χ2v) is 3.89. The number of anilines is 1. The molecule has 1 heterocycles. The molecule has 2 N–H and O–H groups in total. The number of benzene rings is 1. The monoisotopic (exact) mass is 259 g/mol. The van der Waals surface area contributed by atoms with Crippen molar-refractivity contribution in [1.82, 2.24) is 9.55 Å². The summed E-state index contributed by atoms with van der Waals surface area (Å²) in [4.78, 5) is 26.7. The van der Waals surface area contributed by atoms with Gasteiger partial charge < -0.3 is 10.4 Å². The Hall–Kier alpha value is -2.47. The first-order valence-electron chi connectivity index (χ1n) is 5.71. The van der Waals surface area contributed by atoms with Gasteiger partial charge in [-0.2, -0.15) is 0 Å². The first kappa shape index (κ1) is 13.0. The third-order valence-corrected chi connectivity index (χ3v) is 2.56. The summed E-state index contributed by atoms with van der Waals surface area (Å²) in [5, 5.41) is 11.8. The van der Waals surface area contributed by atoms with Gasteiger partial charge in [-0.25, -0.2) is 9.78 Å². The number of nitrogens with one attached hydrogen (secondary N) is 1. The highest BCUT2D eigenvalue weighted by Crippen LogP contribution is 2.14. The Kier molecular flexibility index (Phi) is 4.04. The topological polar surface area (TPSA) is 84.2 Å². The maximum atomic E-state index is 11.8. The Morgan fingerprint density at radius 2 is 2.11 bits per heavy atom. The van der Waals surface area contributed by atoms with Crippen LogP contribution in [-0.4, -0.2) is 20.6 Å². The normalized spacial score (nSPS) is 10.2. The molecule has 0 spiro atoms. The molecule has 2 aromatic rings. The van der Waals surface area contributed by atoms with E-state index >= 15 is 0 Å².